The van der Waals surface area contributed by atoms with Crippen LogP contribution >= 0.6 is 23.2 Å². The standard InChI is InChI=1S/C19H22Cl2N2O2/c1-13-5-3-6-14(2)18(13)22-19(25)23(9-4-10-24)12-15-7-8-16(20)17(21)11-15/h3,5-8,11,24H,4,9-10,12H2,1-2H3,(H,22,25). The van der Waals surface area contributed by atoms with Crippen LogP contribution in [-0.4, -0.2) is 29.2 Å². The van der Waals surface area contributed by atoms with Crippen LogP contribution in [0.2, 0.25) is 10.0 Å². The molecule has 0 aromatic heterocycles. The molecule has 0 aliphatic rings. The number of aryl methyl sites for hydroxylation is 2. The van der Waals surface area contributed by atoms with E-state index in [2.05, 4.69) is 5.32 Å². The lowest BCUT2D eigenvalue weighted by Gasteiger charge is -2.24. The number of nitrogens with one attached hydrogen (secondary N) is 1. The third-order valence-corrected chi connectivity index (χ3v) is 4.68. The van der Waals surface area contributed by atoms with Crippen LogP contribution in [0.1, 0.15) is 23.1 Å². The van der Waals surface area contributed by atoms with E-state index in [4.69, 9.17) is 28.3 Å². The number of aliphatic hydroxyl groups is 1. The zero-order chi connectivity index (χ0) is 18.4. The maximum atomic E-state index is 12.8. The van der Waals surface area contributed by atoms with Gasteiger partial charge in [0, 0.05) is 25.4 Å². The summed E-state index contributed by atoms with van der Waals surface area (Å²) in [5.74, 6) is 0. The number of nitrogens with zero attached hydrogens (tertiary/aromatic N) is 1. The van der Waals surface area contributed by atoms with Crippen molar-refractivity contribution < 1.29 is 9.90 Å². The second-order valence-electron chi connectivity index (χ2n) is 5.94. The van der Waals surface area contributed by atoms with Gasteiger partial charge < -0.3 is 15.3 Å². The summed E-state index contributed by atoms with van der Waals surface area (Å²) in [4.78, 5) is 14.4. The first-order valence-electron chi connectivity index (χ1n) is 8.09. The fourth-order valence-electron chi connectivity index (χ4n) is 2.57. The Morgan fingerprint density at radius 3 is 2.40 bits per heavy atom. The fourth-order valence-corrected chi connectivity index (χ4v) is 2.89. The van der Waals surface area contributed by atoms with Crippen molar-refractivity contribution in [2.75, 3.05) is 18.5 Å². The van der Waals surface area contributed by atoms with Crippen LogP contribution in [0.3, 0.4) is 0 Å². The van der Waals surface area contributed by atoms with Gasteiger partial charge in [0.05, 0.1) is 10.0 Å². The molecule has 0 fully saturated rings. The Morgan fingerprint density at radius 1 is 1.12 bits per heavy atom. The number of hydrogen-bond acceptors (Lipinski definition) is 2. The second-order valence-corrected chi connectivity index (χ2v) is 6.76. The molecule has 0 radical (unpaired) electrons. The van der Waals surface area contributed by atoms with Gasteiger partial charge in [-0.15, -0.1) is 0 Å². The van der Waals surface area contributed by atoms with Crippen molar-refractivity contribution in [1.82, 2.24) is 4.90 Å². The van der Waals surface area contributed by atoms with Crippen LogP contribution in [0.5, 0.6) is 0 Å². The Morgan fingerprint density at radius 2 is 1.80 bits per heavy atom. The summed E-state index contributed by atoms with van der Waals surface area (Å²) in [6.45, 7) is 4.76. The molecule has 0 aliphatic carbocycles. The topological polar surface area (TPSA) is 52.6 Å². The largest absolute Gasteiger partial charge is 0.396 e. The monoisotopic (exact) mass is 380 g/mol. The van der Waals surface area contributed by atoms with Crippen molar-refractivity contribution in [1.29, 1.82) is 0 Å². The lowest BCUT2D eigenvalue weighted by Crippen LogP contribution is -2.36. The number of anilines is 1. The zero-order valence-corrected chi connectivity index (χ0v) is 15.9. The molecular formula is C19H22Cl2N2O2. The van der Waals surface area contributed by atoms with Gasteiger partial charge in [0.15, 0.2) is 0 Å². The number of rotatable bonds is 6. The van der Waals surface area contributed by atoms with Crippen molar-refractivity contribution in [3.8, 4) is 0 Å². The Balaban J connectivity index is 2.17. The highest BCUT2D eigenvalue weighted by Crippen LogP contribution is 2.24. The molecule has 25 heavy (non-hydrogen) atoms. The number of carbonyl (C=O) groups is 1. The third kappa shape index (κ3) is 5.36. The van der Waals surface area contributed by atoms with Gasteiger partial charge in [-0.1, -0.05) is 47.5 Å². The molecule has 2 aromatic carbocycles. The lowest BCUT2D eigenvalue weighted by atomic mass is 10.1. The van der Waals surface area contributed by atoms with Crippen molar-refractivity contribution in [3.05, 3.63) is 63.1 Å². The first-order chi connectivity index (χ1) is 11.9. The summed E-state index contributed by atoms with van der Waals surface area (Å²) in [6.07, 6.45) is 0.501. The first kappa shape index (κ1) is 19.6. The quantitative estimate of drug-likeness (QED) is 0.738. The summed E-state index contributed by atoms with van der Waals surface area (Å²) in [7, 11) is 0. The molecule has 0 heterocycles. The van der Waals surface area contributed by atoms with Gasteiger partial charge in [-0.25, -0.2) is 4.79 Å². The predicted molar refractivity (Wildman–Crippen MR) is 104 cm³/mol. The Hall–Kier alpha value is -1.75. The van der Waals surface area contributed by atoms with Crippen molar-refractivity contribution >= 4 is 34.9 Å². The fraction of sp³-hybridized carbons (Fsp3) is 0.316. The predicted octanol–water partition coefficient (Wildman–Crippen LogP) is 5.03. The van der Waals surface area contributed by atoms with Gasteiger partial charge in [-0.2, -0.15) is 0 Å². The summed E-state index contributed by atoms with van der Waals surface area (Å²) < 4.78 is 0. The minimum atomic E-state index is -0.211. The highest BCUT2D eigenvalue weighted by molar-refractivity contribution is 6.42. The average molecular weight is 381 g/mol. The smallest absolute Gasteiger partial charge is 0.322 e. The Labute approximate surface area is 158 Å². The van der Waals surface area contributed by atoms with Crippen LogP contribution in [0, 0.1) is 13.8 Å². The molecule has 0 bridgehead atoms. The van der Waals surface area contributed by atoms with Crippen LogP contribution in [0.15, 0.2) is 36.4 Å². The van der Waals surface area contributed by atoms with Gasteiger partial charge in [0.25, 0.3) is 0 Å². The molecule has 4 nitrogen and oxygen atoms in total. The van der Waals surface area contributed by atoms with Crippen LogP contribution in [0.4, 0.5) is 10.5 Å². The molecular weight excluding hydrogens is 359 g/mol. The summed E-state index contributed by atoms with van der Waals surface area (Å²) in [5.41, 5.74) is 3.70. The number of para-hydroxylation sites is 1. The highest BCUT2D eigenvalue weighted by Gasteiger charge is 2.16. The molecule has 2 amide bonds. The number of hydrogen-bond donors (Lipinski definition) is 2. The number of halogens is 2. The van der Waals surface area contributed by atoms with E-state index in [0.717, 1.165) is 22.4 Å². The van der Waals surface area contributed by atoms with E-state index in [1.807, 2.05) is 38.1 Å². The molecule has 0 spiro atoms. The maximum Gasteiger partial charge on any atom is 0.322 e. The number of amides is 2. The molecule has 6 heteroatoms. The number of benzene rings is 2. The molecule has 2 rings (SSSR count). The molecule has 0 atom stereocenters. The first-order valence-corrected chi connectivity index (χ1v) is 8.85. The third-order valence-electron chi connectivity index (χ3n) is 3.94. The molecule has 2 N–H and O–H groups in total. The molecule has 0 aliphatic heterocycles. The van der Waals surface area contributed by atoms with E-state index in [1.54, 1.807) is 17.0 Å². The SMILES string of the molecule is Cc1cccc(C)c1NC(=O)N(CCCO)Cc1ccc(Cl)c(Cl)c1. The van der Waals surface area contributed by atoms with Gasteiger partial charge >= 0.3 is 6.03 Å². The lowest BCUT2D eigenvalue weighted by molar-refractivity contribution is 0.199. The average Bonchev–Trinajstić information content (AvgIpc) is 2.58. The molecule has 2 aromatic rings. The van der Waals surface area contributed by atoms with E-state index in [-0.39, 0.29) is 12.6 Å². The summed E-state index contributed by atoms with van der Waals surface area (Å²) in [5, 5.41) is 13.0. The minimum absolute atomic E-state index is 0.0224. The van der Waals surface area contributed by atoms with Gasteiger partial charge in [0.2, 0.25) is 0 Å². The highest BCUT2D eigenvalue weighted by atomic mass is 35.5. The van der Waals surface area contributed by atoms with E-state index < -0.39 is 0 Å². The van der Waals surface area contributed by atoms with E-state index in [0.29, 0.717) is 29.6 Å². The van der Waals surface area contributed by atoms with E-state index >= 15 is 0 Å². The summed E-state index contributed by atoms with van der Waals surface area (Å²) >= 11 is 12.0. The molecule has 0 unspecified atom stereocenters. The summed E-state index contributed by atoms with van der Waals surface area (Å²) in [6, 6.07) is 11.0. The van der Waals surface area contributed by atoms with Gasteiger partial charge in [0.1, 0.15) is 0 Å². The van der Waals surface area contributed by atoms with E-state index in [9.17, 15) is 4.79 Å². The molecule has 134 valence electrons. The molecule has 0 saturated heterocycles. The Bertz CT molecular complexity index is 730. The van der Waals surface area contributed by atoms with Crippen molar-refractivity contribution in [2.45, 2.75) is 26.8 Å². The van der Waals surface area contributed by atoms with Crippen LogP contribution in [0.25, 0.3) is 0 Å². The van der Waals surface area contributed by atoms with Crippen molar-refractivity contribution in [3.63, 3.8) is 0 Å². The van der Waals surface area contributed by atoms with Crippen LogP contribution in [-0.2, 0) is 6.54 Å². The van der Waals surface area contributed by atoms with Crippen LogP contribution < -0.4 is 5.32 Å². The van der Waals surface area contributed by atoms with E-state index in [1.165, 1.54) is 0 Å². The second kappa shape index (κ2) is 9.09. The minimum Gasteiger partial charge on any atom is -0.396 e. The maximum absolute atomic E-state index is 12.8. The molecule has 0 saturated carbocycles. The van der Waals surface area contributed by atoms with Crippen molar-refractivity contribution in [2.24, 2.45) is 0 Å². The number of carbonyl (C=O) groups excluding carboxylic acids is 1. The van der Waals surface area contributed by atoms with Gasteiger partial charge in [-0.3, -0.25) is 0 Å². The normalized spacial score (nSPS) is 10.6. The van der Waals surface area contributed by atoms with Gasteiger partial charge in [-0.05, 0) is 49.1 Å². The number of aliphatic hydroxyl groups excluding tert-OH is 1. The zero-order valence-electron chi connectivity index (χ0n) is 14.4. The number of urea groups is 1. The Kier molecular flexibility index (Phi) is 7.12.